The number of piperidine rings is 1. The highest BCUT2D eigenvalue weighted by atomic mass is 32.2. The zero-order valence-corrected chi connectivity index (χ0v) is 22.4. The van der Waals surface area contributed by atoms with Crippen LogP contribution in [0.25, 0.3) is 0 Å². The molecule has 1 unspecified atom stereocenters. The van der Waals surface area contributed by atoms with Crippen LogP contribution in [-0.2, 0) is 10.9 Å². The molecule has 2 aliphatic rings. The molecule has 1 aromatic rings. The van der Waals surface area contributed by atoms with Crippen molar-refractivity contribution in [3.8, 4) is 0 Å². The summed E-state index contributed by atoms with van der Waals surface area (Å²) >= 11 is 1.34. The molecule has 204 valence electrons. The lowest BCUT2D eigenvalue weighted by molar-refractivity contribution is -0.137. The van der Waals surface area contributed by atoms with Crippen molar-refractivity contribution < 1.29 is 27.8 Å². The lowest BCUT2D eigenvalue weighted by Gasteiger charge is -2.37. The van der Waals surface area contributed by atoms with Gasteiger partial charge in [0.25, 0.3) is 0 Å². The summed E-state index contributed by atoms with van der Waals surface area (Å²) < 4.78 is 45.5. The molecule has 6 nitrogen and oxygen atoms in total. The minimum absolute atomic E-state index is 0.119. The number of β-amino-alcohol motifs (C(OH)–C–C–N with tert-alkyl or cyclic N) is 1. The number of nitrogens with one attached hydrogen (secondary N) is 1. The van der Waals surface area contributed by atoms with Gasteiger partial charge >= 0.3 is 12.3 Å². The second-order valence-corrected chi connectivity index (χ2v) is 11.4. The molecule has 0 bridgehead atoms. The predicted molar refractivity (Wildman–Crippen MR) is 141 cm³/mol. The fraction of sp³-hybridized carbons (Fsp3) is 0.519. The van der Waals surface area contributed by atoms with E-state index in [1.54, 1.807) is 17.1 Å². The van der Waals surface area contributed by atoms with Crippen molar-refractivity contribution in [3.05, 3.63) is 59.7 Å². The molecular weight excluding hydrogens is 503 g/mol. The van der Waals surface area contributed by atoms with Crippen LogP contribution in [-0.4, -0.2) is 60.5 Å². The van der Waals surface area contributed by atoms with E-state index in [4.69, 9.17) is 4.74 Å². The Hall–Kier alpha value is -2.43. The third kappa shape index (κ3) is 8.02. The Balaban J connectivity index is 1.61. The van der Waals surface area contributed by atoms with Gasteiger partial charge in [-0.1, -0.05) is 31.0 Å². The third-order valence-electron chi connectivity index (χ3n) is 6.22. The van der Waals surface area contributed by atoms with E-state index >= 15 is 0 Å². The van der Waals surface area contributed by atoms with Gasteiger partial charge in [0, 0.05) is 22.9 Å². The lowest BCUT2D eigenvalue weighted by Crippen LogP contribution is -2.45. The van der Waals surface area contributed by atoms with Gasteiger partial charge in [0.05, 0.1) is 29.6 Å². The van der Waals surface area contributed by atoms with E-state index in [-0.39, 0.29) is 6.54 Å². The smallest absolute Gasteiger partial charge is 0.416 e. The van der Waals surface area contributed by atoms with Gasteiger partial charge in [-0.2, -0.15) is 13.2 Å². The molecule has 37 heavy (non-hydrogen) atoms. The average molecular weight is 540 g/mol. The number of aliphatic hydroxyl groups is 1. The third-order valence-corrected chi connectivity index (χ3v) is 7.38. The molecule has 10 heteroatoms. The van der Waals surface area contributed by atoms with Crippen molar-refractivity contribution >= 4 is 23.5 Å². The molecule has 1 saturated heterocycles. The highest BCUT2D eigenvalue weighted by molar-refractivity contribution is 8.03. The number of amides is 1. The first-order valence-electron chi connectivity index (χ1n) is 12.3. The zero-order valence-electron chi connectivity index (χ0n) is 21.6. The summed E-state index contributed by atoms with van der Waals surface area (Å²) in [6, 6.07) is 3.66. The number of alkyl carbamates (subject to hydrolysis) is 1. The molecular formula is C27H36F3N3O3S. The maximum Gasteiger partial charge on any atom is 0.416 e. The zero-order chi connectivity index (χ0) is 27.4. The second kappa shape index (κ2) is 12.0. The van der Waals surface area contributed by atoms with E-state index in [0.717, 1.165) is 43.0 Å². The number of ether oxygens (including phenoxy) is 1. The summed E-state index contributed by atoms with van der Waals surface area (Å²) in [5.41, 5.74) is -0.263. The molecule has 2 N–H and O–H groups in total. The quantitative estimate of drug-likeness (QED) is 0.436. The van der Waals surface area contributed by atoms with E-state index in [2.05, 4.69) is 23.4 Å². The fourth-order valence-electron chi connectivity index (χ4n) is 4.46. The van der Waals surface area contributed by atoms with Gasteiger partial charge in [-0.15, -0.1) is 0 Å². The van der Waals surface area contributed by atoms with Crippen LogP contribution >= 0.6 is 11.8 Å². The Bertz CT molecular complexity index is 1030. The van der Waals surface area contributed by atoms with Gasteiger partial charge < -0.3 is 25.0 Å². The Morgan fingerprint density at radius 1 is 1.22 bits per heavy atom. The number of hydrogen-bond donors (Lipinski definition) is 2. The number of allylic oxidation sites excluding steroid dienone is 2. The number of alkyl halides is 3. The molecule has 0 aliphatic carbocycles. The van der Waals surface area contributed by atoms with Crippen LogP contribution in [0.1, 0.15) is 39.2 Å². The monoisotopic (exact) mass is 539 g/mol. The summed E-state index contributed by atoms with van der Waals surface area (Å²) in [5, 5.41) is 13.8. The number of carbonyl (C=O) groups is 1. The molecule has 0 radical (unpaired) electrons. The van der Waals surface area contributed by atoms with E-state index in [0.29, 0.717) is 35.3 Å². The number of anilines is 1. The Morgan fingerprint density at radius 3 is 2.46 bits per heavy atom. The van der Waals surface area contributed by atoms with Gasteiger partial charge in [0.1, 0.15) is 5.60 Å². The minimum atomic E-state index is -4.47. The topological polar surface area (TPSA) is 65.0 Å². The van der Waals surface area contributed by atoms with Crippen molar-refractivity contribution in [2.45, 2.75) is 56.4 Å². The lowest BCUT2D eigenvalue weighted by atomic mass is 9.96. The first kappa shape index (κ1) is 29.1. The Kier molecular flexibility index (Phi) is 9.42. The van der Waals surface area contributed by atoms with Crippen LogP contribution in [0.5, 0.6) is 0 Å². The Morgan fingerprint density at radius 2 is 1.89 bits per heavy atom. The maximum atomic E-state index is 13.4. The predicted octanol–water partition coefficient (Wildman–Crippen LogP) is 5.80. The SMILES string of the molecule is C=CC1=C(C=C)N(CC(O)CN2CCC(CNC(=O)OC(C)(C)C)CC2)c2cc(C(F)(F)F)ccc2S1. The molecule has 0 saturated carbocycles. The van der Waals surface area contributed by atoms with Gasteiger partial charge in [0.15, 0.2) is 0 Å². The number of nitrogens with zero attached hydrogens (tertiary/aromatic N) is 2. The summed E-state index contributed by atoms with van der Waals surface area (Å²) in [4.78, 5) is 17.2. The number of benzene rings is 1. The summed E-state index contributed by atoms with van der Waals surface area (Å²) in [7, 11) is 0. The molecule has 1 aromatic carbocycles. The molecule has 1 atom stereocenters. The van der Waals surface area contributed by atoms with Crippen LogP contribution in [0.2, 0.25) is 0 Å². The fourth-order valence-corrected chi connectivity index (χ4v) is 5.49. The maximum absolute atomic E-state index is 13.4. The standard InChI is InChI=1S/C27H36F3N3O3S/c1-6-21-23(7-2)37-24-9-8-19(27(28,29)30)14-22(24)33(21)17-20(34)16-32-12-10-18(11-13-32)15-31-25(35)36-26(3,4)5/h6-9,14,18,20,34H,1-2,10-13,15-17H2,3-5H3,(H,31,35). The van der Waals surface area contributed by atoms with Crippen molar-refractivity contribution in [2.24, 2.45) is 5.92 Å². The molecule has 0 spiro atoms. The molecule has 2 aliphatic heterocycles. The first-order valence-corrected chi connectivity index (χ1v) is 13.2. The van der Waals surface area contributed by atoms with Crippen LogP contribution in [0.3, 0.4) is 0 Å². The largest absolute Gasteiger partial charge is 0.444 e. The van der Waals surface area contributed by atoms with Gasteiger partial charge in [-0.05, 0) is 76.9 Å². The number of rotatable bonds is 8. The van der Waals surface area contributed by atoms with E-state index in [1.165, 1.54) is 17.8 Å². The number of aliphatic hydroxyl groups excluding tert-OH is 1. The summed E-state index contributed by atoms with van der Waals surface area (Å²) in [5.74, 6) is 0.318. The number of hydrogen-bond acceptors (Lipinski definition) is 6. The number of thioether (sulfide) groups is 1. The molecule has 1 amide bonds. The number of halogens is 3. The van der Waals surface area contributed by atoms with Crippen LogP contribution in [0.4, 0.5) is 23.7 Å². The minimum Gasteiger partial charge on any atom is -0.444 e. The second-order valence-electron chi connectivity index (χ2n) is 10.3. The molecule has 3 rings (SSSR count). The number of likely N-dealkylation sites (tertiary alicyclic amines) is 1. The average Bonchev–Trinajstić information content (AvgIpc) is 2.81. The molecule has 2 heterocycles. The molecule has 1 fully saturated rings. The van der Waals surface area contributed by atoms with Crippen LogP contribution in [0, 0.1) is 5.92 Å². The van der Waals surface area contributed by atoms with E-state index in [9.17, 15) is 23.1 Å². The van der Waals surface area contributed by atoms with Crippen molar-refractivity contribution in [3.63, 3.8) is 0 Å². The highest BCUT2D eigenvalue weighted by Gasteiger charge is 2.34. The van der Waals surface area contributed by atoms with Crippen molar-refractivity contribution in [2.75, 3.05) is 37.6 Å². The first-order chi connectivity index (χ1) is 17.3. The van der Waals surface area contributed by atoms with Crippen LogP contribution in [0.15, 0.2) is 59.0 Å². The van der Waals surface area contributed by atoms with E-state index in [1.807, 2.05) is 20.8 Å². The summed E-state index contributed by atoms with van der Waals surface area (Å²) in [6.07, 6.45) is -0.741. The summed E-state index contributed by atoms with van der Waals surface area (Å²) in [6.45, 7) is 15.7. The van der Waals surface area contributed by atoms with Gasteiger partial charge in [-0.3, -0.25) is 0 Å². The van der Waals surface area contributed by atoms with Crippen molar-refractivity contribution in [1.29, 1.82) is 0 Å². The highest BCUT2D eigenvalue weighted by Crippen LogP contribution is 2.46. The van der Waals surface area contributed by atoms with Gasteiger partial charge in [-0.25, -0.2) is 4.79 Å². The van der Waals surface area contributed by atoms with E-state index < -0.39 is 29.5 Å². The number of carbonyl (C=O) groups excluding carboxylic acids is 1. The Labute approximate surface area is 221 Å². The normalized spacial score (nSPS) is 18.3. The van der Waals surface area contributed by atoms with Gasteiger partial charge in [0.2, 0.25) is 0 Å². The van der Waals surface area contributed by atoms with Crippen molar-refractivity contribution in [1.82, 2.24) is 10.2 Å². The van der Waals surface area contributed by atoms with Crippen LogP contribution < -0.4 is 10.2 Å². The number of fused-ring (bicyclic) bond motifs is 1. The molecule has 0 aromatic heterocycles.